The van der Waals surface area contributed by atoms with Gasteiger partial charge in [0.1, 0.15) is 5.82 Å². The van der Waals surface area contributed by atoms with Gasteiger partial charge in [0.15, 0.2) is 0 Å². The largest absolute Gasteiger partial charge is 0.356 e. The number of aromatic nitrogens is 1. The van der Waals surface area contributed by atoms with E-state index in [1.165, 1.54) is 16.7 Å². The molecule has 1 aliphatic heterocycles. The molecule has 0 spiro atoms. The van der Waals surface area contributed by atoms with E-state index in [9.17, 15) is 4.39 Å². The van der Waals surface area contributed by atoms with Crippen molar-refractivity contribution in [3.63, 3.8) is 0 Å². The molecule has 0 aliphatic carbocycles. The number of fused-ring (bicyclic) bond motifs is 3. The molecule has 0 bridgehead atoms. The van der Waals surface area contributed by atoms with Gasteiger partial charge < -0.3 is 4.98 Å². The maximum atomic E-state index is 14.4. The first-order valence-electron chi connectivity index (χ1n) is 9.37. The molecule has 1 unspecified atom stereocenters. The molecule has 2 nitrogen and oxygen atoms in total. The van der Waals surface area contributed by atoms with Gasteiger partial charge in [0.05, 0.1) is 6.04 Å². The summed E-state index contributed by atoms with van der Waals surface area (Å²) in [5.74, 6) is -0.132. The van der Waals surface area contributed by atoms with Crippen molar-refractivity contribution in [1.82, 2.24) is 9.88 Å². The molecule has 0 saturated heterocycles. The molecule has 0 amide bonds. The number of H-pyrrole nitrogens is 1. The minimum absolute atomic E-state index is 0.116. The lowest BCUT2D eigenvalue weighted by Crippen LogP contribution is -2.32. The minimum Gasteiger partial charge on any atom is -0.356 e. The third-order valence-electron chi connectivity index (χ3n) is 5.67. The highest BCUT2D eigenvalue weighted by molar-refractivity contribution is 5.86. The van der Waals surface area contributed by atoms with Gasteiger partial charge in [-0.15, -0.1) is 0 Å². The van der Waals surface area contributed by atoms with E-state index in [1.807, 2.05) is 12.1 Å². The highest BCUT2D eigenvalue weighted by atomic mass is 19.1. The maximum absolute atomic E-state index is 14.4. The fourth-order valence-electron chi connectivity index (χ4n) is 4.33. The van der Waals surface area contributed by atoms with Crippen LogP contribution in [0.2, 0.25) is 0 Å². The summed E-state index contributed by atoms with van der Waals surface area (Å²) < 4.78 is 14.4. The Hall–Kier alpha value is -2.91. The summed E-state index contributed by atoms with van der Waals surface area (Å²) in [6.07, 6.45) is 0.866. The van der Waals surface area contributed by atoms with E-state index in [-0.39, 0.29) is 11.9 Å². The topological polar surface area (TPSA) is 19.0 Å². The lowest BCUT2D eigenvalue weighted by molar-refractivity contribution is 0.261. The van der Waals surface area contributed by atoms with Crippen LogP contribution in [0.4, 0.5) is 4.39 Å². The highest BCUT2D eigenvalue weighted by Gasteiger charge is 2.30. The molecule has 4 aromatic rings. The van der Waals surface area contributed by atoms with Crippen molar-refractivity contribution in [2.24, 2.45) is 0 Å². The van der Waals surface area contributed by atoms with Crippen molar-refractivity contribution in [3.8, 4) is 11.1 Å². The standard InChI is InChI=1S/C24H21FN2/c1-27-15-14-19-22-20(25)8-5-9-21(22)26-23(19)24(27)18-12-10-17(11-13-18)16-6-3-2-4-7-16/h2-13,24,26H,14-15H2,1H3. The van der Waals surface area contributed by atoms with Gasteiger partial charge >= 0.3 is 0 Å². The highest BCUT2D eigenvalue weighted by Crippen LogP contribution is 2.38. The average molecular weight is 356 g/mol. The maximum Gasteiger partial charge on any atom is 0.132 e. The molecule has 1 atom stereocenters. The Morgan fingerprint density at radius 1 is 0.889 bits per heavy atom. The summed E-state index contributed by atoms with van der Waals surface area (Å²) in [5.41, 5.74) is 6.79. The molecule has 134 valence electrons. The monoisotopic (exact) mass is 356 g/mol. The van der Waals surface area contributed by atoms with Gasteiger partial charge in [-0.05, 0) is 47.9 Å². The summed E-state index contributed by atoms with van der Waals surface area (Å²) in [6, 6.07) is 24.6. The van der Waals surface area contributed by atoms with Crippen molar-refractivity contribution < 1.29 is 4.39 Å². The van der Waals surface area contributed by atoms with E-state index >= 15 is 0 Å². The van der Waals surface area contributed by atoms with Gasteiger partial charge in [-0.2, -0.15) is 0 Å². The Kier molecular flexibility index (Phi) is 3.83. The second kappa shape index (κ2) is 6.36. The zero-order chi connectivity index (χ0) is 18.4. The molecular formula is C24H21FN2. The van der Waals surface area contributed by atoms with Crippen LogP contribution in [-0.4, -0.2) is 23.5 Å². The van der Waals surface area contributed by atoms with E-state index in [1.54, 1.807) is 12.1 Å². The first-order chi connectivity index (χ1) is 13.2. The number of nitrogens with one attached hydrogen (secondary N) is 1. The summed E-state index contributed by atoms with van der Waals surface area (Å²) in [7, 11) is 2.14. The quantitative estimate of drug-likeness (QED) is 0.499. The zero-order valence-electron chi connectivity index (χ0n) is 15.2. The van der Waals surface area contributed by atoms with Crippen LogP contribution in [0.3, 0.4) is 0 Å². The third-order valence-corrected chi connectivity index (χ3v) is 5.67. The number of halogens is 1. The Morgan fingerprint density at radius 3 is 2.41 bits per heavy atom. The van der Waals surface area contributed by atoms with Crippen molar-refractivity contribution in [2.75, 3.05) is 13.6 Å². The minimum atomic E-state index is -0.132. The average Bonchev–Trinajstić information content (AvgIpc) is 3.08. The fourth-order valence-corrected chi connectivity index (χ4v) is 4.33. The second-order valence-corrected chi connectivity index (χ2v) is 7.30. The molecule has 27 heavy (non-hydrogen) atoms. The summed E-state index contributed by atoms with van der Waals surface area (Å²) in [5, 5.41) is 0.756. The van der Waals surface area contributed by atoms with Crippen LogP contribution < -0.4 is 0 Å². The lowest BCUT2D eigenvalue weighted by atomic mass is 9.92. The smallest absolute Gasteiger partial charge is 0.132 e. The number of rotatable bonds is 2. The Balaban J connectivity index is 1.59. The predicted molar refractivity (Wildman–Crippen MR) is 108 cm³/mol. The SMILES string of the molecule is CN1CCc2c([nH]c3cccc(F)c23)C1c1ccc(-c2ccccc2)cc1. The van der Waals surface area contributed by atoms with Crippen molar-refractivity contribution in [2.45, 2.75) is 12.5 Å². The molecule has 5 rings (SSSR count). The zero-order valence-corrected chi connectivity index (χ0v) is 15.2. The summed E-state index contributed by atoms with van der Waals surface area (Å²) in [6.45, 7) is 0.916. The van der Waals surface area contributed by atoms with E-state index in [2.05, 4.69) is 65.5 Å². The van der Waals surface area contributed by atoms with Crippen LogP contribution in [0.15, 0.2) is 72.8 Å². The van der Waals surface area contributed by atoms with Crippen LogP contribution in [-0.2, 0) is 6.42 Å². The molecule has 0 saturated carbocycles. The Labute approximate surface area is 158 Å². The summed E-state index contributed by atoms with van der Waals surface area (Å²) in [4.78, 5) is 5.84. The first kappa shape index (κ1) is 16.3. The van der Waals surface area contributed by atoms with Gasteiger partial charge in [0, 0.05) is 23.1 Å². The number of benzene rings is 3. The first-order valence-corrected chi connectivity index (χ1v) is 9.37. The Bertz CT molecular complexity index is 1100. The molecule has 3 aromatic carbocycles. The van der Waals surface area contributed by atoms with E-state index < -0.39 is 0 Å². The number of likely N-dealkylation sites (N-methyl/N-ethyl adjacent to an activating group) is 1. The molecular weight excluding hydrogens is 335 g/mol. The third kappa shape index (κ3) is 2.66. The summed E-state index contributed by atoms with van der Waals surface area (Å²) >= 11 is 0. The van der Waals surface area contributed by atoms with Gasteiger partial charge in [-0.3, -0.25) is 4.90 Å². The van der Waals surface area contributed by atoms with Crippen molar-refractivity contribution in [1.29, 1.82) is 0 Å². The van der Waals surface area contributed by atoms with Crippen LogP contribution in [0.25, 0.3) is 22.0 Å². The molecule has 0 fully saturated rings. The number of hydrogen-bond acceptors (Lipinski definition) is 1. The van der Waals surface area contributed by atoms with Crippen LogP contribution in [0, 0.1) is 5.82 Å². The van der Waals surface area contributed by atoms with E-state index in [0.717, 1.165) is 35.1 Å². The van der Waals surface area contributed by atoms with Gasteiger partial charge in [0.25, 0.3) is 0 Å². The van der Waals surface area contributed by atoms with Crippen LogP contribution in [0.5, 0.6) is 0 Å². The van der Waals surface area contributed by atoms with E-state index in [0.29, 0.717) is 0 Å². The van der Waals surface area contributed by atoms with Crippen LogP contribution >= 0.6 is 0 Å². The molecule has 1 N–H and O–H groups in total. The van der Waals surface area contributed by atoms with Crippen LogP contribution in [0.1, 0.15) is 22.9 Å². The number of hydrogen-bond donors (Lipinski definition) is 1. The second-order valence-electron chi connectivity index (χ2n) is 7.30. The van der Waals surface area contributed by atoms with E-state index in [4.69, 9.17) is 0 Å². The molecule has 2 heterocycles. The predicted octanol–water partition coefficient (Wildman–Crippen LogP) is 5.55. The molecule has 0 radical (unpaired) electrons. The molecule has 1 aliphatic rings. The molecule has 1 aromatic heterocycles. The normalized spacial score (nSPS) is 17.2. The number of aromatic amines is 1. The van der Waals surface area contributed by atoms with Crippen molar-refractivity contribution >= 4 is 10.9 Å². The molecule has 3 heteroatoms. The Morgan fingerprint density at radius 2 is 1.63 bits per heavy atom. The fraction of sp³-hybridized carbons (Fsp3) is 0.167. The van der Waals surface area contributed by atoms with Gasteiger partial charge in [0.2, 0.25) is 0 Å². The van der Waals surface area contributed by atoms with Crippen molar-refractivity contribution in [3.05, 3.63) is 95.4 Å². The van der Waals surface area contributed by atoms with Gasteiger partial charge in [-0.25, -0.2) is 4.39 Å². The van der Waals surface area contributed by atoms with Gasteiger partial charge in [-0.1, -0.05) is 60.7 Å². The lowest BCUT2D eigenvalue weighted by Gasteiger charge is -2.33. The number of nitrogens with zero attached hydrogens (tertiary/aromatic N) is 1.